The van der Waals surface area contributed by atoms with Crippen LogP contribution < -0.4 is 9.47 Å². The van der Waals surface area contributed by atoms with E-state index in [1.165, 1.54) is 0 Å². The molecule has 1 aromatic carbocycles. The van der Waals surface area contributed by atoms with Gasteiger partial charge in [-0.25, -0.2) is 0 Å². The highest BCUT2D eigenvalue weighted by Crippen LogP contribution is 2.32. The third-order valence-corrected chi connectivity index (χ3v) is 2.81. The van der Waals surface area contributed by atoms with Crippen LogP contribution in [0.5, 0.6) is 11.5 Å². The summed E-state index contributed by atoms with van der Waals surface area (Å²) < 4.78 is 39.9. The van der Waals surface area contributed by atoms with Crippen molar-refractivity contribution in [3.8, 4) is 11.5 Å². The number of hydrogen-bond donors (Lipinski definition) is 1. The predicted molar refractivity (Wildman–Crippen MR) is 52.7 cm³/mol. The Morgan fingerprint density at radius 3 is 2.73 bits per heavy atom. The molecule has 0 amide bonds. The molecule has 1 heterocycles. The lowest BCUT2D eigenvalue weighted by Crippen LogP contribution is -2.06. The molecule has 0 saturated heterocycles. The van der Waals surface area contributed by atoms with Gasteiger partial charge >= 0.3 is 0 Å². The largest absolute Gasteiger partial charge is 0.454 e. The Kier molecular flexibility index (Phi) is 2.54. The van der Waals surface area contributed by atoms with Crippen LogP contribution in [0.2, 0.25) is 0 Å². The molecule has 1 aromatic rings. The fraction of sp³-hybridized carbons (Fsp3) is 0.333. The summed E-state index contributed by atoms with van der Waals surface area (Å²) in [4.78, 5) is 0. The zero-order chi connectivity index (χ0) is 10.9. The summed E-state index contributed by atoms with van der Waals surface area (Å²) in [5, 5.41) is 0. The molecule has 0 unspecified atom stereocenters. The summed E-state index contributed by atoms with van der Waals surface area (Å²) in [6, 6.07) is 5.19. The minimum atomic E-state index is -3.91. The molecule has 0 fully saturated rings. The van der Waals surface area contributed by atoms with Crippen LogP contribution in [0, 0.1) is 0 Å². The molecule has 0 atom stereocenters. The van der Waals surface area contributed by atoms with Gasteiger partial charge in [-0.15, -0.1) is 0 Å². The average Bonchev–Trinajstić information content (AvgIpc) is 2.60. The van der Waals surface area contributed by atoms with Crippen LogP contribution in [-0.2, 0) is 16.5 Å². The molecular formula is C9H10O5S. The zero-order valence-corrected chi connectivity index (χ0v) is 8.66. The van der Waals surface area contributed by atoms with E-state index in [1.807, 2.05) is 0 Å². The number of hydrogen-bond acceptors (Lipinski definition) is 4. The van der Waals surface area contributed by atoms with Gasteiger partial charge in [0.05, 0.1) is 5.75 Å². The number of rotatable bonds is 3. The Morgan fingerprint density at radius 1 is 1.27 bits per heavy atom. The molecule has 1 N–H and O–H groups in total. The maximum absolute atomic E-state index is 10.5. The van der Waals surface area contributed by atoms with E-state index in [1.54, 1.807) is 18.2 Å². The van der Waals surface area contributed by atoms with Crippen LogP contribution in [0.4, 0.5) is 0 Å². The molecule has 2 rings (SSSR count). The van der Waals surface area contributed by atoms with Gasteiger partial charge in [-0.05, 0) is 24.1 Å². The van der Waals surface area contributed by atoms with Crippen molar-refractivity contribution in [1.29, 1.82) is 0 Å². The number of ether oxygens (including phenoxy) is 2. The second kappa shape index (κ2) is 3.71. The third kappa shape index (κ3) is 2.60. The van der Waals surface area contributed by atoms with Gasteiger partial charge in [0.15, 0.2) is 11.5 Å². The fourth-order valence-electron chi connectivity index (χ4n) is 1.34. The quantitative estimate of drug-likeness (QED) is 0.779. The Hall–Kier alpha value is -1.27. The lowest BCUT2D eigenvalue weighted by atomic mass is 10.1. The van der Waals surface area contributed by atoms with Crippen LogP contribution in [0.15, 0.2) is 18.2 Å². The average molecular weight is 230 g/mol. The standard InChI is InChI=1S/C9H10O5S/c10-15(11,12)4-3-7-1-2-8-9(5-7)14-6-13-8/h1-2,5H,3-4,6H2,(H,10,11,12). The summed E-state index contributed by atoms with van der Waals surface area (Å²) in [5.41, 5.74) is 0.789. The second-order valence-electron chi connectivity index (χ2n) is 3.22. The van der Waals surface area contributed by atoms with Crippen molar-refractivity contribution in [3.05, 3.63) is 23.8 Å². The summed E-state index contributed by atoms with van der Waals surface area (Å²) in [7, 11) is -3.91. The van der Waals surface area contributed by atoms with Crippen molar-refractivity contribution < 1.29 is 22.4 Å². The Balaban J connectivity index is 2.10. The highest BCUT2D eigenvalue weighted by atomic mass is 32.2. The number of fused-ring (bicyclic) bond motifs is 1. The smallest absolute Gasteiger partial charge is 0.265 e. The van der Waals surface area contributed by atoms with Crippen molar-refractivity contribution >= 4 is 10.1 Å². The molecule has 0 saturated carbocycles. The van der Waals surface area contributed by atoms with Crippen LogP contribution in [0.1, 0.15) is 5.56 Å². The first kappa shape index (κ1) is 10.3. The molecule has 82 valence electrons. The van der Waals surface area contributed by atoms with Gasteiger partial charge in [0.25, 0.3) is 10.1 Å². The van der Waals surface area contributed by atoms with E-state index in [2.05, 4.69) is 0 Å². The molecule has 0 spiro atoms. The van der Waals surface area contributed by atoms with E-state index >= 15 is 0 Å². The Morgan fingerprint density at radius 2 is 2.00 bits per heavy atom. The summed E-state index contributed by atoms with van der Waals surface area (Å²) in [6.45, 7) is 0.192. The molecule has 0 radical (unpaired) electrons. The predicted octanol–water partition coefficient (Wildman–Crippen LogP) is 0.846. The SMILES string of the molecule is O=S(=O)(O)CCc1ccc2c(c1)OCO2. The summed E-state index contributed by atoms with van der Waals surface area (Å²) >= 11 is 0. The van der Waals surface area contributed by atoms with Gasteiger partial charge in [0.1, 0.15) is 0 Å². The van der Waals surface area contributed by atoms with Gasteiger partial charge in [-0.2, -0.15) is 8.42 Å². The number of aryl methyl sites for hydroxylation is 1. The van der Waals surface area contributed by atoms with Crippen molar-refractivity contribution in [3.63, 3.8) is 0 Å². The van der Waals surface area contributed by atoms with Gasteiger partial charge in [0, 0.05) is 0 Å². The van der Waals surface area contributed by atoms with Crippen LogP contribution >= 0.6 is 0 Å². The van der Waals surface area contributed by atoms with Gasteiger partial charge in [-0.1, -0.05) is 6.07 Å². The molecular weight excluding hydrogens is 220 g/mol. The fourth-order valence-corrected chi connectivity index (χ4v) is 1.84. The molecule has 0 bridgehead atoms. The first-order valence-electron chi connectivity index (χ1n) is 4.38. The van der Waals surface area contributed by atoms with Crippen molar-refractivity contribution in [2.24, 2.45) is 0 Å². The third-order valence-electron chi connectivity index (χ3n) is 2.09. The van der Waals surface area contributed by atoms with Crippen molar-refractivity contribution in [2.45, 2.75) is 6.42 Å². The minimum Gasteiger partial charge on any atom is -0.454 e. The van der Waals surface area contributed by atoms with Crippen LogP contribution in [-0.4, -0.2) is 25.5 Å². The van der Waals surface area contributed by atoms with Gasteiger partial charge < -0.3 is 9.47 Å². The first-order valence-corrected chi connectivity index (χ1v) is 5.99. The molecule has 6 heteroatoms. The second-order valence-corrected chi connectivity index (χ2v) is 4.80. The van der Waals surface area contributed by atoms with Gasteiger partial charge in [0.2, 0.25) is 6.79 Å². The molecule has 15 heavy (non-hydrogen) atoms. The van der Waals surface area contributed by atoms with Crippen LogP contribution in [0.25, 0.3) is 0 Å². The van der Waals surface area contributed by atoms with E-state index in [9.17, 15) is 8.42 Å². The molecule has 1 aliphatic rings. The highest BCUT2D eigenvalue weighted by molar-refractivity contribution is 7.85. The lowest BCUT2D eigenvalue weighted by molar-refractivity contribution is 0.174. The van der Waals surface area contributed by atoms with E-state index < -0.39 is 10.1 Å². The number of benzene rings is 1. The highest BCUT2D eigenvalue weighted by Gasteiger charge is 2.14. The van der Waals surface area contributed by atoms with Crippen molar-refractivity contribution in [2.75, 3.05) is 12.5 Å². The Bertz CT molecular complexity index is 465. The molecule has 5 nitrogen and oxygen atoms in total. The monoisotopic (exact) mass is 230 g/mol. The first-order chi connectivity index (χ1) is 7.04. The molecule has 1 aliphatic heterocycles. The van der Waals surface area contributed by atoms with E-state index in [0.29, 0.717) is 11.5 Å². The minimum absolute atomic E-state index is 0.192. The molecule has 0 aromatic heterocycles. The maximum atomic E-state index is 10.5. The normalized spacial score (nSPS) is 14.2. The maximum Gasteiger partial charge on any atom is 0.265 e. The van der Waals surface area contributed by atoms with E-state index in [0.717, 1.165) is 5.56 Å². The van der Waals surface area contributed by atoms with Gasteiger partial charge in [-0.3, -0.25) is 4.55 Å². The summed E-state index contributed by atoms with van der Waals surface area (Å²) in [6.07, 6.45) is 0.259. The van der Waals surface area contributed by atoms with E-state index in [-0.39, 0.29) is 19.0 Å². The van der Waals surface area contributed by atoms with Crippen molar-refractivity contribution in [1.82, 2.24) is 0 Å². The van der Waals surface area contributed by atoms with Crippen LogP contribution in [0.3, 0.4) is 0 Å². The zero-order valence-electron chi connectivity index (χ0n) is 7.84. The van der Waals surface area contributed by atoms with E-state index in [4.69, 9.17) is 14.0 Å². The lowest BCUT2D eigenvalue weighted by Gasteiger charge is -2.01. The summed E-state index contributed by atoms with van der Waals surface area (Å²) in [5.74, 6) is 0.987. The topological polar surface area (TPSA) is 72.8 Å². The molecule has 0 aliphatic carbocycles. The Labute approximate surface area is 87.4 Å².